The maximum absolute atomic E-state index is 11.7. The number of hydrogen-bond acceptors (Lipinski definition) is 6. The number of sulfonamides is 2. The number of H-pyrrole nitrogens is 1. The van der Waals surface area contributed by atoms with Crippen LogP contribution in [0.1, 0.15) is 37.2 Å². The van der Waals surface area contributed by atoms with Crippen LogP contribution >= 0.6 is 0 Å². The fourth-order valence-electron chi connectivity index (χ4n) is 4.70. The van der Waals surface area contributed by atoms with Gasteiger partial charge < -0.3 is 9.55 Å². The van der Waals surface area contributed by atoms with Crippen molar-refractivity contribution < 1.29 is 16.8 Å². The van der Waals surface area contributed by atoms with Gasteiger partial charge in [0.05, 0.1) is 11.5 Å². The maximum Gasteiger partial charge on any atom is 0.232 e. The molecule has 0 saturated carbocycles. The lowest BCUT2D eigenvalue weighted by Crippen LogP contribution is -2.14. The first-order chi connectivity index (χ1) is 22.6. The Labute approximate surface area is 276 Å². The number of nitriles is 2. The fourth-order valence-corrected chi connectivity index (χ4v) is 5.98. The number of hydrogen-bond donors (Lipinski definition) is 3. The standard InChI is InChI=1S/C22H23N3O2S.C13H13N3O2S/c1-2-28(26,27)24-20-12-10-19(11-13-20)22-15-14-21(17-23)25(22)16-6-9-18-7-4-3-5-8-18;1-2-19(17,18)16-11-5-3-10(4-6-11)13-8-7-12(9-14)15-13/h3-5,7-8,10-15,24H,2,6,9,16H2,1H3;3-8,15-16H,2H2,1H3. The van der Waals surface area contributed by atoms with Crippen LogP contribution in [0.15, 0.2) is 103 Å². The van der Waals surface area contributed by atoms with Gasteiger partial charge in [-0.05, 0) is 91.9 Å². The molecule has 5 aromatic rings. The van der Waals surface area contributed by atoms with E-state index in [1.807, 2.05) is 59.2 Å². The van der Waals surface area contributed by atoms with E-state index >= 15 is 0 Å². The van der Waals surface area contributed by atoms with Crippen LogP contribution in [0.5, 0.6) is 0 Å². The molecule has 0 spiro atoms. The Bertz CT molecular complexity index is 2070. The van der Waals surface area contributed by atoms with Crippen molar-refractivity contribution in [2.24, 2.45) is 0 Å². The van der Waals surface area contributed by atoms with E-state index in [1.54, 1.807) is 56.3 Å². The first kappa shape index (κ1) is 34.6. The van der Waals surface area contributed by atoms with Gasteiger partial charge in [-0.1, -0.05) is 54.6 Å². The lowest BCUT2D eigenvalue weighted by atomic mass is 10.1. The summed E-state index contributed by atoms with van der Waals surface area (Å²) in [5.74, 6) is 0.0709. The molecule has 47 heavy (non-hydrogen) atoms. The van der Waals surface area contributed by atoms with Gasteiger partial charge in [0.25, 0.3) is 0 Å². The van der Waals surface area contributed by atoms with Crippen LogP contribution in [0.25, 0.3) is 22.5 Å². The quantitative estimate of drug-likeness (QED) is 0.134. The fraction of sp³-hybridized carbons (Fsp3) is 0.200. The molecule has 0 aliphatic heterocycles. The predicted molar refractivity (Wildman–Crippen MR) is 186 cm³/mol. The zero-order valence-electron chi connectivity index (χ0n) is 26.1. The third-order valence-corrected chi connectivity index (χ3v) is 9.89. The van der Waals surface area contributed by atoms with Gasteiger partial charge in [-0.3, -0.25) is 9.44 Å². The zero-order chi connectivity index (χ0) is 33.9. The van der Waals surface area contributed by atoms with Crippen molar-refractivity contribution in [1.82, 2.24) is 9.55 Å². The SMILES string of the molecule is CCS(=O)(=O)Nc1ccc(-c2ccc(C#N)[nH]2)cc1.CCS(=O)(=O)Nc1ccc(-c2ccc(C#N)n2CCCc2ccccc2)cc1. The van der Waals surface area contributed by atoms with Crippen molar-refractivity contribution in [2.75, 3.05) is 20.9 Å². The molecule has 5 rings (SSSR count). The predicted octanol–water partition coefficient (Wildman–Crippen LogP) is 6.74. The van der Waals surface area contributed by atoms with Gasteiger partial charge in [0.2, 0.25) is 20.0 Å². The normalized spacial score (nSPS) is 11.1. The molecule has 0 aliphatic rings. The molecule has 12 heteroatoms. The molecule has 0 fully saturated rings. The molecule has 2 heterocycles. The minimum absolute atomic E-state index is 0.0323. The Hall–Kier alpha value is -5.30. The van der Waals surface area contributed by atoms with Crippen molar-refractivity contribution in [3.63, 3.8) is 0 Å². The highest BCUT2D eigenvalue weighted by Crippen LogP contribution is 2.25. The van der Waals surface area contributed by atoms with Gasteiger partial charge in [-0.25, -0.2) is 16.8 Å². The number of nitrogens with one attached hydrogen (secondary N) is 3. The van der Waals surface area contributed by atoms with E-state index in [4.69, 9.17) is 5.26 Å². The molecule has 0 radical (unpaired) electrons. The second-order valence-electron chi connectivity index (χ2n) is 10.5. The molecule has 3 N–H and O–H groups in total. The Morgan fingerprint density at radius 2 is 1.26 bits per heavy atom. The van der Waals surface area contributed by atoms with Crippen LogP contribution in [0.4, 0.5) is 11.4 Å². The van der Waals surface area contributed by atoms with Crippen molar-refractivity contribution in [3.8, 4) is 34.7 Å². The summed E-state index contributed by atoms with van der Waals surface area (Å²) in [6.45, 7) is 3.92. The van der Waals surface area contributed by atoms with E-state index < -0.39 is 20.0 Å². The van der Waals surface area contributed by atoms with Crippen molar-refractivity contribution in [3.05, 3.63) is 120 Å². The second-order valence-corrected chi connectivity index (χ2v) is 14.5. The summed E-state index contributed by atoms with van der Waals surface area (Å²) >= 11 is 0. The summed E-state index contributed by atoms with van der Waals surface area (Å²) in [6.07, 6.45) is 1.87. The van der Waals surface area contributed by atoms with Gasteiger partial charge in [-0.2, -0.15) is 10.5 Å². The van der Waals surface area contributed by atoms with Crippen molar-refractivity contribution in [2.45, 2.75) is 33.2 Å². The monoisotopic (exact) mass is 668 g/mol. The van der Waals surface area contributed by atoms with E-state index in [-0.39, 0.29) is 11.5 Å². The molecule has 10 nitrogen and oxygen atoms in total. The average molecular weight is 669 g/mol. The third kappa shape index (κ3) is 9.84. The number of anilines is 2. The van der Waals surface area contributed by atoms with E-state index in [0.29, 0.717) is 22.8 Å². The third-order valence-electron chi connectivity index (χ3n) is 7.28. The van der Waals surface area contributed by atoms with Crippen molar-refractivity contribution in [1.29, 1.82) is 10.5 Å². The van der Waals surface area contributed by atoms with Gasteiger partial charge in [-0.15, -0.1) is 0 Å². The van der Waals surface area contributed by atoms with Gasteiger partial charge in [0.1, 0.15) is 23.5 Å². The smallest absolute Gasteiger partial charge is 0.232 e. The molecule has 0 saturated heterocycles. The summed E-state index contributed by atoms with van der Waals surface area (Å²) in [5.41, 5.74) is 7.07. The number of aryl methyl sites for hydroxylation is 1. The molecule has 0 aliphatic carbocycles. The van der Waals surface area contributed by atoms with Crippen LogP contribution < -0.4 is 9.44 Å². The lowest BCUT2D eigenvalue weighted by molar-refractivity contribution is 0.600. The van der Waals surface area contributed by atoms with Crippen LogP contribution in [-0.4, -0.2) is 37.9 Å². The number of aromatic amines is 1. The van der Waals surface area contributed by atoms with E-state index in [9.17, 15) is 22.1 Å². The van der Waals surface area contributed by atoms with Gasteiger partial charge >= 0.3 is 0 Å². The molecule has 2 aromatic heterocycles. The molecular weight excluding hydrogens is 633 g/mol. The summed E-state index contributed by atoms with van der Waals surface area (Å²) < 4.78 is 53.3. The summed E-state index contributed by atoms with van der Waals surface area (Å²) in [7, 11) is -6.55. The van der Waals surface area contributed by atoms with E-state index in [2.05, 4.69) is 32.6 Å². The minimum Gasteiger partial charge on any atom is -0.346 e. The molecule has 0 atom stereocenters. The van der Waals surface area contributed by atoms with Gasteiger partial charge in [0, 0.05) is 29.3 Å². The highest BCUT2D eigenvalue weighted by molar-refractivity contribution is 7.92. The molecule has 242 valence electrons. The van der Waals surface area contributed by atoms with Crippen LogP contribution in [-0.2, 0) is 33.0 Å². The molecule has 0 unspecified atom stereocenters. The largest absolute Gasteiger partial charge is 0.346 e. The Morgan fingerprint density at radius 3 is 1.77 bits per heavy atom. The summed E-state index contributed by atoms with van der Waals surface area (Å²) in [4.78, 5) is 2.96. The number of benzene rings is 3. The summed E-state index contributed by atoms with van der Waals surface area (Å²) in [6, 6.07) is 36.0. The second kappa shape index (κ2) is 15.8. The lowest BCUT2D eigenvalue weighted by Gasteiger charge is -2.12. The molecule has 3 aromatic carbocycles. The van der Waals surface area contributed by atoms with Crippen LogP contribution in [0, 0.1) is 22.7 Å². The van der Waals surface area contributed by atoms with Crippen LogP contribution in [0.2, 0.25) is 0 Å². The van der Waals surface area contributed by atoms with Crippen molar-refractivity contribution >= 4 is 31.4 Å². The highest BCUT2D eigenvalue weighted by Gasteiger charge is 2.12. The number of rotatable bonds is 12. The molecular formula is C35H36N6O4S2. The zero-order valence-corrected chi connectivity index (χ0v) is 27.8. The topological polar surface area (TPSA) is 161 Å². The van der Waals surface area contributed by atoms with E-state index in [1.165, 1.54) is 5.56 Å². The molecule has 0 amide bonds. The Morgan fingerprint density at radius 1 is 0.681 bits per heavy atom. The van der Waals surface area contributed by atoms with Crippen LogP contribution in [0.3, 0.4) is 0 Å². The maximum atomic E-state index is 11.7. The van der Waals surface area contributed by atoms with E-state index in [0.717, 1.165) is 41.9 Å². The first-order valence-corrected chi connectivity index (χ1v) is 18.3. The van der Waals surface area contributed by atoms with Gasteiger partial charge in [0.15, 0.2) is 0 Å². The Kier molecular flexibility index (Phi) is 11.6. The summed E-state index contributed by atoms with van der Waals surface area (Å²) in [5, 5.41) is 18.2. The first-order valence-electron chi connectivity index (χ1n) is 15.0. The average Bonchev–Trinajstić information content (AvgIpc) is 3.73. The number of aromatic nitrogens is 2. The highest BCUT2D eigenvalue weighted by atomic mass is 32.2. The Balaban J connectivity index is 0.000000229. The number of nitrogens with zero attached hydrogens (tertiary/aromatic N) is 3. The molecule has 0 bridgehead atoms. The minimum atomic E-state index is -3.29.